The van der Waals surface area contributed by atoms with Gasteiger partial charge >= 0.3 is 39.5 Å². The van der Waals surface area contributed by atoms with Gasteiger partial charge in [0.15, 0.2) is 12.2 Å². The number of aliphatic hydroxyl groups is 1. The minimum absolute atomic E-state index is 0.108. The number of carbonyl (C=O) groups is 4. The number of rotatable bonds is 85. The van der Waals surface area contributed by atoms with Crippen molar-refractivity contribution in [3.8, 4) is 0 Å². The zero-order valence-corrected chi connectivity index (χ0v) is 70.8. The highest BCUT2D eigenvalue weighted by atomic mass is 31.2. The minimum Gasteiger partial charge on any atom is -0.462 e. The molecule has 0 aliphatic carbocycles. The molecule has 0 fully saturated rings. The lowest BCUT2D eigenvalue weighted by Crippen LogP contribution is -2.30. The predicted octanol–water partition coefficient (Wildman–Crippen LogP) is 26.2. The van der Waals surface area contributed by atoms with Crippen LogP contribution in [0.1, 0.15) is 459 Å². The second-order valence-corrected chi connectivity index (χ2v) is 34.8. The molecule has 0 amide bonds. The molecule has 0 spiro atoms. The normalized spacial score (nSPS) is 13.8. The van der Waals surface area contributed by atoms with Crippen molar-refractivity contribution in [3.05, 3.63) is 0 Å². The molecule has 0 aromatic carbocycles. The van der Waals surface area contributed by atoms with E-state index in [4.69, 9.17) is 37.0 Å². The standard InChI is InChI=1S/C86H168O17P2/c1-7-9-11-13-15-17-19-21-23-25-27-30-34-38-44-50-56-62-68-83(88)96-74-81(102-85(90)71-65-59-53-46-40-36-32-28-29-33-37-42-48-54-60-66-78(3)4)76-100-104(92,93)98-72-80(87)73-99-105(94,95)101-77-82(75-97-84(89)69-63-57-51-47-41-43-49-55-61-67-79(5)6)103-86(91)70-64-58-52-45-39-35-31-26-24-22-20-18-16-14-12-10-8-2/h78-82,87H,7-77H2,1-6H3,(H,92,93)(H,94,95)/t80-,81-,82-/m1/s1. The number of aliphatic hydroxyl groups excluding tert-OH is 1. The van der Waals surface area contributed by atoms with Crippen LogP contribution in [0.5, 0.6) is 0 Å². The number of hydrogen-bond acceptors (Lipinski definition) is 15. The van der Waals surface area contributed by atoms with E-state index < -0.39 is 97.5 Å². The van der Waals surface area contributed by atoms with Crippen LogP contribution in [0.3, 0.4) is 0 Å². The lowest BCUT2D eigenvalue weighted by atomic mass is 10.0. The van der Waals surface area contributed by atoms with Crippen LogP contribution in [0.15, 0.2) is 0 Å². The van der Waals surface area contributed by atoms with E-state index in [2.05, 4.69) is 41.5 Å². The zero-order chi connectivity index (χ0) is 77.1. The fourth-order valence-corrected chi connectivity index (χ4v) is 15.0. The first-order valence-electron chi connectivity index (χ1n) is 44.5. The Bertz CT molecular complexity index is 2010. The van der Waals surface area contributed by atoms with Crippen molar-refractivity contribution in [1.82, 2.24) is 0 Å². The van der Waals surface area contributed by atoms with Crippen LogP contribution in [-0.4, -0.2) is 96.7 Å². The molecule has 0 radical (unpaired) electrons. The Hall–Kier alpha value is -1.94. The molecule has 0 aliphatic heterocycles. The molecular weight excluding hydrogens is 1370 g/mol. The molecule has 105 heavy (non-hydrogen) atoms. The second kappa shape index (κ2) is 77.4. The first-order chi connectivity index (χ1) is 50.9. The fourth-order valence-electron chi connectivity index (χ4n) is 13.4. The third kappa shape index (κ3) is 79.9. The highest BCUT2D eigenvalue weighted by molar-refractivity contribution is 7.47. The Labute approximate surface area is 645 Å². The Morgan fingerprint density at radius 1 is 0.257 bits per heavy atom. The quantitative estimate of drug-likeness (QED) is 0.0222. The average Bonchev–Trinajstić information content (AvgIpc) is 0.909. The lowest BCUT2D eigenvalue weighted by Gasteiger charge is -2.21. The maximum absolute atomic E-state index is 13.1. The van der Waals surface area contributed by atoms with E-state index in [1.807, 2.05) is 0 Å². The van der Waals surface area contributed by atoms with Crippen LogP contribution < -0.4 is 0 Å². The molecule has 0 aromatic heterocycles. The Morgan fingerprint density at radius 2 is 0.438 bits per heavy atom. The van der Waals surface area contributed by atoms with Gasteiger partial charge in [0, 0.05) is 25.7 Å². The van der Waals surface area contributed by atoms with Gasteiger partial charge in [0.1, 0.15) is 19.3 Å². The maximum atomic E-state index is 13.1. The summed E-state index contributed by atoms with van der Waals surface area (Å²) in [6.07, 6.45) is 69.4. The molecule has 0 saturated carbocycles. The first-order valence-corrected chi connectivity index (χ1v) is 47.5. The summed E-state index contributed by atoms with van der Waals surface area (Å²) in [5, 5.41) is 10.7. The van der Waals surface area contributed by atoms with Crippen LogP contribution in [0.25, 0.3) is 0 Å². The topological polar surface area (TPSA) is 237 Å². The molecule has 2 unspecified atom stereocenters. The highest BCUT2D eigenvalue weighted by Gasteiger charge is 2.30. The molecule has 0 heterocycles. The van der Waals surface area contributed by atoms with Crippen LogP contribution in [-0.2, 0) is 65.4 Å². The molecule has 5 atom stereocenters. The number of carbonyl (C=O) groups excluding carboxylic acids is 4. The van der Waals surface area contributed by atoms with Gasteiger partial charge in [-0.3, -0.25) is 37.3 Å². The Morgan fingerprint density at radius 3 is 0.648 bits per heavy atom. The molecule has 3 N–H and O–H groups in total. The van der Waals surface area contributed by atoms with Gasteiger partial charge in [-0.2, -0.15) is 0 Å². The molecule has 624 valence electrons. The van der Waals surface area contributed by atoms with Crippen LogP contribution >= 0.6 is 15.6 Å². The van der Waals surface area contributed by atoms with Gasteiger partial charge in [0.25, 0.3) is 0 Å². The Kier molecular flexibility index (Phi) is 76.0. The van der Waals surface area contributed by atoms with E-state index in [0.29, 0.717) is 25.7 Å². The van der Waals surface area contributed by atoms with E-state index in [0.717, 1.165) is 102 Å². The van der Waals surface area contributed by atoms with Crippen molar-refractivity contribution in [3.63, 3.8) is 0 Å². The summed E-state index contributed by atoms with van der Waals surface area (Å²) in [5.41, 5.74) is 0. The Balaban J connectivity index is 5.26. The number of phosphoric acid groups is 2. The second-order valence-electron chi connectivity index (χ2n) is 31.9. The summed E-state index contributed by atoms with van der Waals surface area (Å²) in [6, 6.07) is 0. The van der Waals surface area contributed by atoms with Crippen molar-refractivity contribution in [2.75, 3.05) is 39.6 Å². The summed E-state index contributed by atoms with van der Waals surface area (Å²) < 4.78 is 68.9. The third-order valence-corrected chi connectivity index (χ3v) is 22.1. The monoisotopic (exact) mass is 1540 g/mol. The number of unbranched alkanes of at least 4 members (excludes halogenated alkanes) is 55. The van der Waals surface area contributed by atoms with Crippen molar-refractivity contribution < 1.29 is 80.2 Å². The number of esters is 4. The van der Waals surface area contributed by atoms with Gasteiger partial charge in [0.05, 0.1) is 26.4 Å². The van der Waals surface area contributed by atoms with Crippen molar-refractivity contribution in [1.29, 1.82) is 0 Å². The molecule has 0 rings (SSSR count). The van der Waals surface area contributed by atoms with E-state index in [1.54, 1.807) is 0 Å². The maximum Gasteiger partial charge on any atom is 0.472 e. The molecule has 0 bridgehead atoms. The summed E-state index contributed by atoms with van der Waals surface area (Å²) in [6.45, 7) is 9.69. The minimum atomic E-state index is -4.97. The summed E-state index contributed by atoms with van der Waals surface area (Å²) in [7, 11) is -9.93. The largest absolute Gasteiger partial charge is 0.472 e. The van der Waals surface area contributed by atoms with Gasteiger partial charge in [-0.15, -0.1) is 0 Å². The molecule has 0 aliphatic rings. The molecule has 19 heteroatoms. The third-order valence-electron chi connectivity index (χ3n) is 20.2. The average molecular weight is 1540 g/mol. The number of hydrogen-bond donors (Lipinski definition) is 3. The summed E-state index contributed by atoms with van der Waals surface area (Å²) in [4.78, 5) is 73.3. The van der Waals surface area contributed by atoms with Crippen molar-refractivity contribution in [2.45, 2.75) is 477 Å². The first kappa shape index (κ1) is 103. The SMILES string of the molecule is CCCCCCCCCCCCCCCCCCCCC(=O)OC[C@H](COP(=O)(O)OC[C@@H](O)COP(=O)(O)OC[C@@H](COC(=O)CCCCCCCCCCCC(C)C)OC(=O)CCCCCCCCCCCCCCCCCCC)OC(=O)CCCCCCCCCCCCCCCCCC(C)C. The van der Waals surface area contributed by atoms with Crippen LogP contribution in [0.2, 0.25) is 0 Å². The van der Waals surface area contributed by atoms with E-state index in [9.17, 15) is 43.2 Å². The van der Waals surface area contributed by atoms with Crippen LogP contribution in [0.4, 0.5) is 0 Å². The van der Waals surface area contributed by atoms with Gasteiger partial charge in [0.2, 0.25) is 0 Å². The lowest BCUT2D eigenvalue weighted by molar-refractivity contribution is -0.161. The molecule has 0 aromatic rings. The predicted molar refractivity (Wildman–Crippen MR) is 432 cm³/mol. The fraction of sp³-hybridized carbons (Fsp3) is 0.953. The van der Waals surface area contributed by atoms with Crippen LogP contribution in [0, 0.1) is 11.8 Å². The van der Waals surface area contributed by atoms with Gasteiger partial charge in [-0.25, -0.2) is 9.13 Å². The van der Waals surface area contributed by atoms with Gasteiger partial charge in [-0.1, -0.05) is 408 Å². The molecule has 17 nitrogen and oxygen atoms in total. The number of phosphoric ester groups is 2. The molecular formula is C86H168O17P2. The van der Waals surface area contributed by atoms with Gasteiger partial charge < -0.3 is 33.8 Å². The highest BCUT2D eigenvalue weighted by Crippen LogP contribution is 2.45. The zero-order valence-electron chi connectivity index (χ0n) is 69.0. The van der Waals surface area contributed by atoms with Gasteiger partial charge in [-0.05, 0) is 37.5 Å². The van der Waals surface area contributed by atoms with E-state index in [-0.39, 0.29) is 25.7 Å². The number of ether oxygens (including phenoxy) is 4. The molecule has 0 saturated heterocycles. The summed E-state index contributed by atoms with van der Waals surface area (Å²) in [5.74, 6) is -0.554. The van der Waals surface area contributed by atoms with E-state index in [1.165, 1.54) is 276 Å². The summed E-state index contributed by atoms with van der Waals surface area (Å²) >= 11 is 0. The van der Waals surface area contributed by atoms with Crippen molar-refractivity contribution >= 4 is 39.5 Å². The van der Waals surface area contributed by atoms with E-state index >= 15 is 0 Å². The van der Waals surface area contributed by atoms with Crippen molar-refractivity contribution in [2.24, 2.45) is 11.8 Å². The smallest absolute Gasteiger partial charge is 0.462 e.